The van der Waals surface area contributed by atoms with E-state index in [-0.39, 0.29) is 6.54 Å². The maximum absolute atomic E-state index is 11.7. The van der Waals surface area contributed by atoms with Gasteiger partial charge in [-0.25, -0.2) is 0 Å². The second kappa shape index (κ2) is 6.87. The molecule has 0 fully saturated rings. The molecule has 0 saturated carbocycles. The molecule has 2 rings (SSSR count). The van der Waals surface area contributed by atoms with Gasteiger partial charge < -0.3 is 10.6 Å². The van der Waals surface area contributed by atoms with Crippen LogP contribution in [0.25, 0.3) is 0 Å². The minimum atomic E-state index is -0.713. The molecule has 104 valence electrons. The number of para-hydroxylation sites is 1. The van der Waals surface area contributed by atoms with Gasteiger partial charge in [-0.15, -0.1) is 0 Å². The van der Waals surface area contributed by atoms with Gasteiger partial charge >= 0.3 is 11.8 Å². The summed E-state index contributed by atoms with van der Waals surface area (Å²) in [6, 6.07) is 17.5. The molecule has 0 saturated heterocycles. The first-order valence-corrected chi connectivity index (χ1v) is 6.32. The Morgan fingerprint density at radius 3 is 2.24 bits per heavy atom. The summed E-state index contributed by atoms with van der Waals surface area (Å²) in [5.74, 6) is -1.42. The normalized spacial score (nSPS) is 9.48. The first kappa shape index (κ1) is 14.3. The highest BCUT2D eigenvalue weighted by Crippen LogP contribution is 2.05. The number of hydrogen-bond donors (Lipinski definition) is 2. The Morgan fingerprint density at radius 2 is 1.62 bits per heavy atom. The number of nitriles is 1. The van der Waals surface area contributed by atoms with Gasteiger partial charge in [0.1, 0.15) is 0 Å². The minimum absolute atomic E-state index is 0.229. The van der Waals surface area contributed by atoms with Gasteiger partial charge in [0.15, 0.2) is 0 Å². The second-order valence-corrected chi connectivity index (χ2v) is 4.31. The molecule has 2 N–H and O–H groups in total. The van der Waals surface area contributed by atoms with Crippen LogP contribution in [0, 0.1) is 11.3 Å². The van der Waals surface area contributed by atoms with Crippen molar-refractivity contribution in [3.63, 3.8) is 0 Å². The van der Waals surface area contributed by atoms with E-state index in [4.69, 9.17) is 5.26 Å². The highest BCUT2D eigenvalue weighted by atomic mass is 16.2. The summed E-state index contributed by atoms with van der Waals surface area (Å²) in [5, 5.41) is 13.7. The summed E-state index contributed by atoms with van der Waals surface area (Å²) in [4.78, 5) is 23.3. The molecule has 0 aliphatic rings. The van der Waals surface area contributed by atoms with Gasteiger partial charge in [0, 0.05) is 12.2 Å². The van der Waals surface area contributed by atoms with Crippen molar-refractivity contribution in [2.45, 2.75) is 6.54 Å². The van der Waals surface area contributed by atoms with Crippen molar-refractivity contribution < 1.29 is 9.59 Å². The number of carbonyl (C=O) groups excluding carboxylic acids is 2. The molecular formula is C16H13N3O2. The molecule has 0 aliphatic carbocycles. The molecule has 0 radical (unpaired) electrons. The van der Waals surface area contributed by atoms with E-state index in [0.29, 0.717) is 11.3 Å². The summed E-state index contributed by atoms with van der Waals surface area (Å²) in [6.45, 7) is 0.229. The molecule has 2 aromatic carbocycles. The number of carbonyl (C=O) groups is 2. The van der Waals surface area contributed by atoms with Crippen LogP contribution in [-0.4, -0.2) is 11.8 Å². The molecule has 21 heavy (non-hydrogen) atoms. The molecule has 2 aromatic rings. The van der Waals surface area contributed by atoms with E-state index < -0.39 is 11.8 Å². The predicted octanol–water partition coefficient (Wildman–Crippen LogP) is 1.81. The highest BCUT2D eigenvalue weighted by molar-refractivity contribution is 6.39. The number of benzene rings is 2. The van der Waals surface area contributed by atoms with Gasteiger partial charge in [0.2, 0.25) is 0 Å². The van der Waals surface area contributed by atoms with E-state index in [1.54, 1.807) is 48.5 Å². The maximum atomic E-state index is 11.7. The minimum Gasteiger partial charge on any atom is -0.344 e. The molecule has 2 amide bonds. The highest BCUT2D eigenvalue weighted by Gasteiger charge is 2.12. The third-order valence-electron chi connectivity index (χ3n) is 2.77. The van der Waals surface area contributed by atoms with Crippen LogP contribution in [0.15, 0.2) is 54.6 Å². The molecule has 0 atom stereocenters. The smallest absolute Gasteiger partial charge is 0.313 e. The van der Waals surface area contributed by atoms with Crippen molar-refractivity contribution in [2.24, 2.45) is 0 Å². The average Bonchev–Trinajstić information content (AvgIpc) is 2.54. The van der Waals surface area contributed by atoms with Crippen LogP contribution < -0.4 is 10.6 Å². The summed E-state index contributed by atoms with van der Waals surface area (Å²) >= 11 is 0. The van der Waals surface area contributed by atoms with Crippen molar-refractivity contribution in [3.8, 4) is 6.07 Å². The van der Waals surface area contributed by atoms with E-state index >= 15 is 0 Å². The van der Waals surface area contributed by atoms with E-state index in [2.05, 4.69) is 10.6 Å². The zero-order chi connectivity index (χ0) is 15.1. The standard InChI is InChI=1S/C16H13N3O2/c17-10-12-6-8-13(9-7-12)11-18-15(20)16(21)19-14-4-2-1-3-5-14/h1-9H,11H2,(H,18,20)(H,19,21). The lowest BCUT2D eigenvalue weighted by atomic mass is 10.1. The third kappa shape index (κ3) is 4.18. The number of nitrogens with one attached hydrogen (secondary N) is 2. The maximum Gasteiger partial charge on any atom is 0.313 e. The third-order valence-corrected chi connectivity index (χ3v) is 2.77. The van der Waals surface area contributed by atoms with E-state index in [0.717, 1.165) is 5.56 Å². The number of hydrogen-bond acceptors (Lipinski definition) is 3. The largest absolute Gasteiger partial charge is 0.344 e. The summed E-state index contributed by atoms with van der Waals surface area (Å²) < 4.78 is 0. The fourth-order valence-electron chi connectivity index (χ4n) is 1.67. The lowest BCUT2D eigenvalue weighted by molar-refractivity contribution is -0.136. The first-order valence-electron chi connectivity index (χ1n) is 6.32. The van der Waals surface area contributed by atoms with Gasteiger partial charge in [-0.05, 0) is 29.8 Å². The molecule has 0 heterocycles. The zero-order valence-corrected chi connectivity index (χ0v) is 11.2. The second-order valence-electron chi connectivity index (χ2n) is 4.31. The van der Waals surface area contributed by atoms with Crippen LogP contribution in [0.4, 0.5) is 5.69 Å². The van der Waals surface area contributed by atoms with Gasteiger partial charge in [0.25, 0.3) is 0 Å². The number of anilines is 1. The molecule has 0 spiro atoms. The first-order chi connectivity index (χ1) is 10.2. The summed E-state index contributed by atoms with van der Waals surface area (Å²) in [5.41, 5.74) is 1.93. The van der Waals surface area contributed by atoms with Crippen LogP contribution in [0.5, 0.6) is 0 Å². The van der Waals surface area contributed by atoms with Crippen LogP contribution in [-0.2, 0) is 16.1 Å². The van der Waals surface area contributed by atoms with Crippen molar-refractivity contribution in [3.05, 3.63) is 65.7 Å². The number of amides is 2. The lowest BCUT2D eigenvalue weighted by Gasteiger charge is -2.06. The SMILES string of the molecule is N#Cc1ccc(CNC(=O)C(=O)Nc2ccccc2)cc1. The molecule has 0 aliphatic heterocycles. The summed E-state index contributed by atoms with van der Waals surface area (Å²) in [6.07, 6.45) is 0. The van der Waals surface area contributed by atoms with Gasteiger partial charge in [-0.2, -0.15) is 5.26 Å². The van der Waals surface area contributed by atoms with E-state index in [1.165, 1.54) is 0 Å². The molecule has 5 heteroatoms. The topological polar surface area (TPSA) is 82.0 Å². The van der Waals surface area contributed by atoms with Crippen LogP contribution in [0.1, 0.15) is 11.1 Å². The lowest BCUT2D eigenvalue weighted by Crippen LogP contribution is -2.34. The fraction of sp³-hybridized carbons (Fsp3) is 0.0625. The quantitative estimate of drug-likeness (QED) is 0.841. The Kier molecular flexibility index (Phi) is 4.67. The molecule has 0 unspecified atom stereocenters. The molecule has 0 aromatic heterocycles. The van der Waals surface area contributed by atoms with Gasteiger partial charge in [-0.1, -0.05) is 30.3 Å². The summed E-state index contributed by atoms with van der Waals surface area (Å²) in [7, 11) is 0. The molecular weight excluding hydrogens is 266 g/mol. The van der Waals surface area contributed by atoms with Crippen molar-refractivity contribution in [1.82, 2.24) is 5.32 Å². The van der Waals surface area contributed by atoms with Gasteiger partial charge in [0.05, 0.1) is 11.6 Å². The fourth-order valence-corrected chi connectivity index (χ4v) is 1.67. The van der Waals surface area contributed by atoms with E-state index in [9.17, 15) is 9.59 Å². The van der Waals surface area contributed by atoms with Crippen LogP contribution in [0.2, 0.25) is 0 Å². The molecule has 5 nitrogen and oxygen atoms in total. The number of rotatable bonds is 3. The number of nitrogens with zero attached hydrogens (tertiary/aromatic N) is 1. The monoisotopic (exact) mass is 279 g/mol. The Labute approximate surface area is 122 Å². The Balaban J connectivity index is 1.86. The van der Waals surface area contributed by atoms with E-state index in [1.807, 2.05) is 12.1 Å². The van der Waals surface area contributed by atoms with Crippen molar-refractivity contribution in [2.75, 3.05) is 5.32 Å². The van der Waals surface area contributed by atoms with Crippen molar-refractivity contribution in [1.29, 1.82) is 5.26 Å². The van der Waals surface area contributed by atoms with Crippen molar-refractivity contribution >= 4 is 17.5 Å². The van der Waals surface area contributed by atoms with Crippen LogP contribution in [0.3, 0.4) is 0 Å². The average molecular weight is 279 g/mol. The van der Waals surface area contributed by atoms with Gasteiger partial charge in [-0.3, -0.25) is 9.59 Å². The Bertz CT molecular complexity index is 673. The molecule has 0 bridgehead atoms. The Hall–Kier alpha value is -3.13. The Morgan fingerprint density at radius 1 is 0.952 bits per heavy atom. The predicted molar refractivity (Wildman–Crippen MR) is 78.1 cm³/mol. The van der Waals surface area contributed by atoms with Crippen LogP contribution >= 0.6 is 0 Å². The zero-order valence-electron chi connectivity index (χ0n) is 11.2.